The van der Waals surface area contributed by atoms with Crippen molar-refractivity contribution in [3.63, 3.8) is 0 Å². The predicted octanol–water partition coefficient (Wildman–Crippen LogP) is 3.23. The first-order valence-electron chi connectivity index (χ1n) is 7.83. The minimum Gasteiger partial charge on any atom is -0.494 e. The van der Waals surface area contributed by atoms with Gasteiger partial charge >= 0.3 is 0 Å². The van der Waals surface area contributed by atoms with Gasteiger partial charge in [-0.15, -0.1) is 0 Å². The zero-order chi connectivity index (χ0) is 17.4. The average Bonchev–Trinajstić information content (AvgIpc) is 2.57. The number of rotatable bonds is 7. The average molecular weight is 326 g/mol. The largest absolute Gasteiger partial charge is 0.494 e. The second kappa shape index (κ2) is 8.72. The standard InChI is InChI=1S/C19H22N2O3/c1-4-23-17-9-7-16(8-10-17)12-20-21-19(22)13-24-18-11-14(2)5-6-15(18)3/h5-12H,4,13H2,1-3H3,(H,21,22)/b20-12+. The Kier molecular flexibility index (Phi) is 6.37. The zero-order valence-corrected chi connectivity index (χ0v) is 14.2. The number of aryl methyl sites for hydroxylation is 2. The van der Waals surface area contributed by atoms with Crippen LogP contribution in [0.2, 0.25) is 0 Å². The van der Waals surface area contributed by atoms with Crippen molar-refractivity contribution in [2.45, 2.75) is 20.8 Å². The van der Waals surface area contributed by atoms with Crippen LogP contribution in [0.25, 0.3) is 0 Å². The number of hydrogen-bond donors (Lipinski definition) is 1. The number of benzene rings is 2. The molecule has 5 heteroatoms. The lowest BCUT2D eigenvalue weighted by molar-refractivity contribution is -0.123. The molecule has 0 fully saturated rings. The third-order valence-corrected chi connectivity index (χ3v) is 3.30. The zero-order valence-electron chi connectivity index (χ0n) is 14.2. The molecule has 0 heterocycles. The van der Waals surface area contributed by atoms with Crippen LogP contribution in [-0.4, -0.2) is 25.3 Å². The first kappa shape index (κ1) is 17.5. The molecule has 0 spiro atoms. The van der Waals surface area contributed by atoms with Gasteiger partial charge in [0.1, 0.15) is 11.5 Å². The summed E-state index contributed by atoms with van der Waals surface area (Å²) in [6.07, 6.45) is 1.57. The number of hydrazone groups is 1. The molecular formula is C19H22N2O3. The number of carbonyl (C=O) groups is 1. The molecule has 126 valence electrons. The van der Waals surface area contributed by atoms with Gasteiger partial charge in [0.15, 0.2) is 6.61 Å². The molecule has 0 atom stereocenters. The van der Waals surface area contributed by atoms with Crippen LogP contribution in [-0.2, 0) is 4.79 Å². The van der Waals surface area contributed by atoms with Crippen molar-refractivity contribution in [3.05, 3.63) is 59.2 Å². The van der Waals surface area contributed by atoms with Crippen molar-refractivity contribution in [2.24, 2.45) is 5.10 Å². The van der Waals surface area contributed by atoms with Crippen LogP contribution in [0.1, 0.15) is 23.6 Å². The van der Waals surface area contributed by atoms with Gasteiger partial charge in [-0.05, 0) is 67.8 Å². The van der Waals surface area contributed by atoms with Crippen LogP contribution in [0.15, 0.2) is 47.6 Å². The number of nitrogens with zero attached hydrogens (tertiary/aromatic N) is 1. The van der Waals surface area contributed by atoms with E-state index in [0.717, 1.165) is 22.4 Å². The van der Waals surface area contributed by atoms with Gasteiger partial charge in [-0.1, -0.05) is 12.1 Å². The molecule has 0 aliphatic rings. The van der Waals surface area contributed by atoms with Crippen LogP contribution in [0.4, 0.5) is 0 Å². The van der Waals surface area contributed by atoms with E-state index in [1.807, 2.05) is 63.2 Å². The lowest BCUT2D eigenvalue weighted by Gasteiger charge is -2.08. The molecular weight excluding hydrogens is 304 g/mol. The van der Waals surface area contributed by atoms with E-state index in [2.05, 4.69) is 10.5 Å². The van der Waals surface area contributed by atoms with Crippen LogP contribution in [0.3, 0.4) is 0 Å². The second-order valence-electron chi connectivity index (χ2n) is 5.35. The Morgan fingerprint density at radius 2 is 1.88 bits per heavy atom. The van der Waals surface area contributed by atoms with Crippen LogP contribution < -0.4 is 14.9 Å². The van der Waals surface area contributed by atoms with E-state index >= 15 is 0 Å². The Morgan fingerprint density at radius 1 is 1.12 bits per heavy atom. The maximum absolute atomic E-state index is 11.8. The van der Waals surface area contributed by atoms with E-state index in [9.17, 15) is 4.79 Å². The molecule has 0 radical (unpaired) electrons. The number of amides is 1. The van der Waals surface area contributed by atoms with Crippen molar-refractivity contribution >= 4 is 12.1 Å². The first-order chi connectivity index (χ1) is 11.6. The summed E-state index contributed by atoms with van der Waals surface area (Å²) in [5.41, 5.74) is 5.40. The van der Waals surface area contributed by atoms with Gasteiger partial charge in [0.2, 0.25) is 0 Å². The highest BCUT2D eigenvalue weighted by Crippen LogP contribution is 2.18. The van der Waals surface area contributed by atoms with Gasteiger partial charge in [0.25, 0.3) is 5.91 Å². The third-order valence-electron chi connectivity index (χ3n) is 3.30. The van der Waals surface area contributed by atoms with Crippen molar-refractivity contribution in [1.29, 1.82) is 0 Å². The molecule has 1 N–H and O–H groups in total. The lowest BCUT2D eigenvalue weighted by atomic mass is 10.1. The summed E-state index contributed by atoms with van der Waals surface area (Å²) >= 11 is 0. The van der Waals surface area contributed by atoms with Gasteiger partial charge < -0.3 is 9.47 Å². The molecule has 2 rings (SSSR count). The Bertz CT molecular complexity index is 709. The quantitative estimate of drug-likeness (QED) is 0.628. The molecule has 2 aromatic carbocycles. The Balaban J connectivity index is 1.81. The number of carbonyl (C=O) groups excluding carboxylic acids is 1. The van der Waals surface area contributed by atoms with Gasteiger partial charge in [-0.25, -0.2) is 5.43 Å². The molecule has 1 amide bonds. The summed E-state index contributed by atoms with van der Waals surface area (Å²) in [4.78, 5) is 11.8. The summed E-state index contributed by atoms with van der Waals surface area (Å²) < 4.78 is 10.9. The van der Waals surface area contributed by atoms with Crippen LogP contribution >= 0.6 is 0 Å². The Hall–Kier alpha value is -2.82. The van der Waals surface area contributed by atoms with Crippen molar-refractivity contribution in [1.82, 2.24) is 5.43 Å². The third kappa shape index (κ3) is 5.43. The normalized spacial score (nSPS) is 10.6. The molecule has 2 aromatic rings. The van der Waals surface area contributed by atoms with Crippen LogP contribution in [0, 0.1) is 13.8 Å². The molecule has 0 saturated heterocycles. The monoisotopic (exact) mass is 326 g/mol. The van der Waals surface area contributed by atoms with E-state index in [4.69, 9.17) is 9.47 Å². The van der Waals surface area contributed by atoms with E-state index in [1.165, 1.54) is 0 Å². The molecule has 0 saturated carbocycles. The summed E-state index contributed by atoms with van der Waals surface area (Å²) in [5, 5.41) is 3.92. The summed E-state index contributed by atoms with van der Waals surface area (Å²) in [5.74, 6) is 1.21. The highest BCUT2D eigenvalue weighted by molar-refractivity contribution is 5.83. The minimum absolute atomic E-state index is 0.0785. The first-order valence-corrected chi connectivity index (χ1v) is 7.83. The predicted molar refractivity (Wildman–Crippen MR) is 94.8 cm³/mol. The van der Waals surface area contributed by atoms with E-state index in [1.54, 1.807) is 6.21 Å². The Morgan fingerprint density at radius 3 is 2.58 bits per heavy atom. The van der Waals surface area contributed by atoms with Crippen molar-refractivity contribution < 1.29 is 14.3 Å². The highest BCUT2D eigenvalue weighted by atomic mass is 16.5. The number of hydrogen-bond acceptors (Lipinski definition) is 4. The summed E-state index contributed by atoms with van der Waals surface area (Å²) in [6.45, 7) is 6.41. The number of ether oxygens (including phenoxy) is 2. The molecule has 0 bridgehead atoms. The van der Waals surface area contributed by atoms with E-state index in [0.29, 0.717) is 12.4 Å². The molecule has 0 aliphatic carbocycles. The molecule has 0 aliphatic heterocycles. The topological polar surface area (TPSA) is 59.9 Å². The van der Waals surface area contributed by atoms with Crippen molar-refractivity contribution in [3.8, 4) is 11.5 Å². The van der Waals surface area contributed by atoms with E-state index in [-0.39, 0.29) is 12.5 Å². The highest BCUT2D eigenvalue weighted by Gasteiger charge is 2.04. The summed E-state index contributed by atoms with van der Waals surface area (Å²) in [7, 11) is 0. The maximum atomic E-state index is 11.8. The van der Waals surface area contributed by atoms with E-state index < -0.39 is 0 Å². The molecule has 5 nitrogen and oxygen atoms in total. The fourth-order valence-corrected chi connectivity index (χ4v) is 2.03. The molecule has 0 aromatic heterocycles. The molecule has 24 heavy (non-hydrogen) atoms. The summed E-state index contributed by atoms with van der Waals surface area (Å²) in [6, 6.07) is 13.3. The van der Waals surface area contributed by atoms with Crippen LogP contribution in [0.5, 0.6) is 11.5 Å². The molecule has 0 unspecified atom stereocenters. The minimum atomic E-state index is -0.307. The van der Waals surface area contributed by atoms with Gasteiger partial charge in [-0.2, -0.15) is 5.10 Å². The second-order valence-corrected chi connectivity index (χ2v) is 5.35. The Labute approximate surface area is 142 Å². The lowest BCUT2D eigenvalue weighted by Crippen LogP contribution is -2.24. The van der Waals surface area contributed by atoms with Gasteiger partial charge in [0.05, 0.1) is 12.8 Å². The smallest absolute Gasteiger partial charge is 0.277 e. The fraction of sp³-hybridized carbons (Fsp3) is 0.263. The number of nitrogens with one attached hydrogen (secondary N) is 1. The van der Waals surface area contributed by atoms with Gasteiger partial charge in [-0.3, -0.25) is 4.79 Å². The maximum Gasteiger partial charge on any atom is 0.277 e. The SMILES string of the molecule is CCOc1ccc(/C=N/NC(=O)COc2cc(C)ccc2C)cc1. The fourth-order valence-electron chi connectivity index (χ4n) is 2.03. The van der Waals surface area contributed by atoms with Gasteiger partial charge in [0, 0.05) is 0 Å². The van der Waals surface area contributed by atoms with Crippen molar-refractivity contribution in [2.75, 3.05) is 13.2 Å².